The fraction of sp³-hybridized carbons (Fsp3) is 0.200. The van der Waals surface area contributed by atoms with Crippen LogP contribution in [0, 0.1) is 12.7 Å². The van der Waals surface area contributed by atoms with E-state index < -0.39 is 24.2 Å². The van der Waals surface area contributed by atoms with Gasteiger partial charge in [0.1, 0.15) is 6.61 Å². The van der Waals surface area contributed by atoms with E-state index in [1.165, 1.54) is 24.3 Å². The molecule has 0 spiro atoms. The van der Waals surface area contributed by atoms with E-state index in [9.17, 15) is 17.6 Å². The Kier molecular flexibility index (Phi) is 4.06. The van der Waals surface area contributed by atoms with Gasteiger partial charge < -0.3 is 10.5 Å². The minimum Gasteiger partial charge on any atom is -0.486 e. The summed E-state index contributed by atoms with van der Waals surface area (Å²) in [4.78, 5) is 0. The Hall–Kier alpha value is -2.24. The second-order valence-electron chi connectivity index (χ2n) is 4.64. The highest BCUT2D eigenvalue weighted by Gasteiger charge is 2.33. The molecule has 0 aromatic heterocycles. The maximum Gasteiger partial charge on any atom is 0.416 e. The van der Waals surface area contributed by atoms with Crippen LogP contribution in [0.4, 0.5) is 23.2 Å². The summed E-state index contributed by atoms with van der Waals surface area (Å²) in [6.07, 6.45) is -4.54. The van der Waals surface area contributed by atoms with E-state index in [-0.39, 0.29) is 17.0 Å². The van der Waals surface area contributed by atoms with Gasteiger partial charge in [-0.15, -0.1) is 0 Å². The molecule has 21 heavy (non-hydrogen) atoms. The van der Waals surface area contributed by atoms with Crippen LogP contribution in [0.5, 0.6) is 5.75 Å². The number of nitrogen functional groups attached to an aromatic ring is 1. The lowest BCUT2D eigenvalue weighted by Gasteiger charge is -2.15. The van der Waals surface area contributed by atoms with Crippen molar-refractivity contribution in [1.82, 2.24) is 0 Å². The lowest BCUT2D eigenvalue weighted by Crippen LogP contribution is -2.12. The molecule has 0 heterocycles. The number of rotatable bonds is 3. The monoisotopic (exact) mass is 299 g/mol. The Morgan fingerprint density at radius 3 is 2.48 bits per heavy atom. The minimum atomic E-state index is -4.54. The fourth-order valence-electron chi connectivity index (χ4n) is 1.86. The maximum absolute atomic E-state index is 13.5. The predicted molar refractivity (Wildman–Crippen MR) is 71.3 cm³/mol. The molecule has 2 nitrogen and oxygen atoms in total. The molecule has 112 valence electrons. The predicted octanol–water partition coefficient (Wildman–Crippen LogP) is 4.31. The van der Waals surface area contributed by atoms with Gasteiger partial charge in [-0.05, 0) is 36.8 Å². The first-order chi connectivity index (χ1) is 9.77. The van der Waals surface area contributed by atoms with E-state index in [0.717, 1.165) is 11.6 Å². The van der Waals surface area contributed by atoms with Crippen LogP contribution in [0.1, 0.15) is 16.7 Å². The maximum atomic E-state index is 13.5. The topological polar surface area (TPSA) is 35.2 Å². The number of alkyl halides is 3. The van der Waals surface area contributed by atoms with Crippen molar-refractivity contribution in [3.63, 3.8) is 0 Å². The summed E-state index contributed by atoms with van der Waals surface area (Å²) in [5.74, 6) is -0.704. The van der Waals surface area contributed by atoms with Gasteiger partial charge in [0.05, 0.1) is 5.56 Å². The summed E-state index contributed by atoms with van der Waals surface area (Å²) in [6, 6.07) is 7.60. The lowest BCUT2D eigenvalue weighted by molar-refractivity contribution is -0.138. The average Bonchev–Trinajstić information content (AvgIpc) is 2.40. The van der Waals surface area contributed by atoms with Gasteiger partial charge in [-0.25, -0.2) is 4.39 Å². The molecule has 0 aliphatic rings. The number of halogens is 4. The third kappa shape index (κ3) is 3.65. The molecule has 0 bridgehead atoms. The highest BCUT2D eigenvalue weighted by molar-refractivity contribution is 5.46. The van der Waals surface area contributed by atoms with Crippen LogP contribution in [0.2, 0.25) is 0 Å². The number of hydrogen-bond donors (Lipinski definition) is 1. The summed E-state index contributed by atoms with van der Waals surface area (Å²) in [7, 11) is 0. The van der Waals surface area contributed by atoms with E-state index in [1.54, 1.807) is 13.0 Å². The van der Waals surface area contributed by atoms with Gasteiger partial charge in [-0.2, -0.15) is 13.2 Å². The number of nitrogens with two attached hydrogens (primary N) is 1. The van der Waals surface area contributed by atoms with Gasteiger partial charge in [-0.3, -0.25) is 0 Å². The van der Waals surface area contributed by atoms with Gasteiger partial charge in [0.15, 0.2) is 11.6 Å². The van der Waals surface area contributed by atoms with Crippen molar-refractivity contribution in [3.05, 3.63) is 58.9 Å². The number of hydrogen-bond acceptors (Lipinski definition) is 2. The molecule has 0 radical (unpaired) electrons. The van der Waals surface area contributed by atoms with Crippen LogP contribution >= 0.6 is 0 Å². The second-order valence-corrected chi connectivity index (χ2v) is 4.64. The van der Waals surface area contributed by atoms with Gasteiger partial charge in [0.25, 0.3) is 0 Å². The first kappa shape index (κ1) is 15.2. The van der Waals surface area contributed by atoms with Crippen molar-refractivity contribution in [2.24, 2.45) is 0 Å². The second kappa shape index (κ2) is 5.63. The smallest absolute Gasteiger partial charge is 0.416 e. The van der Waals surface area contributed by atoms with Crippen LogP contribution in [0.3, 0.4) is 0 Å². The van der Waals surface area contributed by atoms with Crippen LogP contribution in [0.25, 0.3) is 0 Å². The standard InChI is InChI=1S/C15H13F4NO/c1-9-2-5-13(16)14(6-9)21-8-10-3-4-11(20)7-12(10)15(17,18)19/h2-7H,8,20H2,1H3. The zero-order chi connectivity index (χ0) is 15.6. The lowest BCUT2D eigenvalue weighted by atomic mass is 10.1. The highest BCUT2D eigenvalue weighted by atomic mass is 19.4. The van der Waals surface area contributed by atoms with Crippen molar-refractivity contribution in [3.8, 4) is 5.75 Å². The van der Waals surface area contributed by atoms with E-state index >= 15 is 0 Å². The molecular weight excluding hydrogens is 286 g/mol. The molecule has 0 aliphatic carbocycles. The van der Waals surface area contributed by atoms with Gasteiger partial charge in [0, 0.05) is 11.3 Å². The van der Waals surface area contributed by atoms with Crippen molar-refractivity contribution in [2.75, 3.05) is 5.73 Å². The van der Waals surface area contributed by atoms with Crippen molar-refractivity contribution >= 4 is 5.69 Å². The molecule has 0 unspecified atom stereocenters. The molecule has 0 aliphatic heterocycles. The van der Waals surface area contributed by atoms with Crippen LogP contribution in [-0.2, 0) is 12.8 Å². The molecule has 2 aromatic rings. The molecule has 2 N–H and O–H groups in total. The van der Waals surface area contributed by atoms with E-state index in [2.05, 4.69) is 0 Å². The number of benzene rings is 2. The van der Waals surface area contributed by atoms with Crippen molar-refractivity contribution in [1.29, 1.82) is 0 Å². The first-order valence-corrected chi connectivity index (χ1v) is 6.12. The van der Waals surface area contributed by atoms with Crippen LogP contribution in [0.15, 0.2) is 36.4 Å². The quantitative estimate of drug-likeness (QED) is 0.677. The molecule has 2 rings (SSSR count). The first-order valence-electron chi connectivity index (χ1n) is 6.12. The SMILES string of the molecule is Cc1ccc(F)c(OCc2ccc(N)cc2C(F)(F)F)c1. The third-order valence-electron chi connectivity index (χ3n) is 2.91. The summed E-state index contributed by atoms with van der Waals surface area (Å²) < 4.78 is 57.4. The zero-order valence-electron chi connectivity index (χ0n) is 11.2. The summed E-state index contributed by atoms with van der Waals surface area (Å²) >= 11 is 0. The molecule has 6 heteroatoms. The number of aryl methyl sites for hydroxylation is 1. The summed E-state index contributed by atoms with van der Waals surface area (Å²) in [5, 5.41) is 0. The Balaban J connectivity index is 2.26. The Labute approximate surface area is 119 Å². The molecule has 0 fully saturated rings. The van der Waals surface area contributed by atoms with Gasteiger partial charge in [0.2, 0.25) is 0 Å². The zero-order valence-corrected chi connectivity index (χ0v) is 11.2. The molecular formula is C15H13F4NO. The summed E-state index contributed by atoms with van der Waals surface area (Å²) in [6.45, 7) is 1.34. The molecule has 0 atom stereocenters. The van der Waals surface area contributed by atoms with Crippen LogP contribution < -0.4 is 10.5 Å². The average molecular weight is 299 g/mol. The molecule has 2 aromatic carbocycles. The number of ether oxygens (including phenoxy) is 1. The molecule has 0 amide bonds. The summed E-state index contributed by atoms with van der Waals surface area (Å²) in [5.41, 5.74) is 5.15. The fourth-order valence-corrected chi connectivity index (χ4v) is 1.86. The van der Waals surface area contributed by atoms with Crippen molar-refractivity contribution < 1.29 is 22.3 Å². The van der Waals surface area contributed by atoms with Crippen molar-refractivity contribution in [2.45, 2.75) is 19.7 Å². The normalized spacial score (nSPS) is 11.5. The van der Waals surface area contributed by atoms with Gasteiger partial charge in [-0.1, -0.05) is 12.1 Å². The van der Waals surface area contributed by atoms with E-state index in [1.807, 2.05) is 0 Å². The van der Waals surface area contributed by atoms with E-state index in [0.29, 0.717) is 0 Å². The van der Waals surface area contributed by atoms with Gasteiger partial charge >= 0.3 is 6.18 Å². The van der Waals surface area contributed by atoms with E-state index in [4.69, 9.17) is 10.5 Å². The largest absolute Gasteiger partial charge is 0.486 e. The Morgan fingerprint density at radius 1 is 1.10 bits per heavy atom. The Bertz CT molecular complexity index is 653. The third-order valence-corrected chi connectivity index (χ3v) is 2.91. The minimum absolute atomic E-state index is 0.00723. The molecule has 0 saturated carbocycles. The van der Waals surface area contributed by atoms with Crippen LogP contribution in [-0.4, -0.2) is 0 Å². The molecule has 0 saturated heterocycles. The highest BCUT2D eigenvalue weighted by Crippen LogP contribution is 2.34. The number of anilines is 1. The Morgan fingerprint density at radius 2 is 1.81 bits per heavy atom.